The van der Waals surface area contributed by atoms with Gasteiger partial charge in [0, 0.05) is 12.1 Å². The van der Waals surface area contributed by atoms with E-state index in [-0.39, 0.29) is 24.1 Å². The molecule has 0 saturated heterocycles. The largest absolute Gasteiger partial charge is 0.334 e. The summed E-state index contributed by atoms with van der Waals surface area (Å²) in [5.41, 5.74) is 13.0. The Morgan fingerprint density at radius 3 is 1.31 bits per heavy atom. The Balaban J connectivity index is 1.06. The summed E-state index contributed by atoms with van der Waals surface area (Å²) in [4.78, 5) is 24.4. The second-order valence-corrected chi connectivity index (χ2v) is 9.85. The number of hydrazine groups is 2. The highest BCUT2D eigenvalue weighted by molar-refractivity contribution is 5.76. The lowest BCUT2D eigenvalue weighted by molar-refractivity contribution is 0.199. The highest BCUT2D eigenvalue weighted by Gasteiger charge is 2.28. The van der Waals surface area contributed by atoms with Crippen molar-refractivity contribution in [3.05, 3.63) is 60.7 Å². The predicted octanol–water partition coefficient (Wildman–Crippen LogP) is 5.15. The van der Waals surface area contributed by atoms with Crippen LogP contribution in [0, 0.1) is 11.8 Å². The second kappa shape index (κ2) is 12.9. The van der Waals surface area contributed by atoms with Crippen LogP contribution in [0.2, 0.25) is 0 Å². The van der Waals surface area contributed by atoms with E-state index in [9.17, 15) is 9.59 Å². The summed E-state index contributed by atoms with van der Waals surface area (Å²) in [5.74, 6) is 1.48. The van der Waals surface area contributed by atoms with Crippen molar-refractivity contribution in [2.45, 2.75) is 69.9 Å². The lowest BCUT2D eigenvalue weighted by Crippen LogP contribution is -2.46. The summed E-state index contributed by atoms with van der Waals surface area (Å²) in [6.07, 6.45) is 10.1. The molecule has 2 aliphatic carbocycles. The number of rotatable bonds is 8. The molecule has 4 amide bonds. The van der Waals surface area contributed by atoms with E-state index in [4.69, 9.17) is 0 Å². The van der Waals surface area contributed by atoms with Gasteiger partial charge in [0.25, 0.3) is 0 Å². The van der Waals surface area contributed by atoms with Crippen LogP contribution >= 0.6 is 0 Å². The SMILES string of the molecule is O=C(NNc1ccccc1)NC1CCC(CC2CCC(NC(=O)NNc3ccccc3)CC2)CC1. The number of nitrogens with one attached hydrogen (secondary N) is 6. The molecular formula is C27H38N6O2. The first-order valence-corrected chi connectivity index (χ1v) is 12.9. The maximum atomic E-state index is 12.2. The monoisotopic (exact) mass is 478 g/mol. The van der Waals surface area contributed by atoms with E-state index in [2.05, 4.69) is 32.3 Å². The van der Waals surface area contributed by atoms with Crippen molar-refractivity contribution in [3.8, 4) is 0 Å². The van der Waals surface area contributed by atoms with E-state index in [1.807, 2.05) is 60.7 Å². The summed E-state index contributed by atoms with van der Waals surface area (Å²) < 4.78 is 0. The van der Waals surface area contributed by atoms with Crippen LogP contribution in [-0.4, -0.2) is 24.1 Å². The van der Waals surface area contributed by atoms with Gasteiger partial charge in [-0.2, -0.15) is 0 Å². The standard InChI is InChI=1S/C27H38N6O2/c34-26(32-30-24-7-3-1-4-8-24)28-22-15-11-20(12-16-22)19-21-13-17-23(18-14-21)29-27(35)33-31-25-9-5-2-6-10-25/h1-10,20-23,30-31H,11-19H2,(H2,28,32,34)(H2,29,33,35). The van der Waals surface area contributed by atoms with Gasteiger partial charge in [0.1, 0.15) is 0 Å². The van der Waals surface area contributed by atoms with Crippen molar-refractivity contribution in [2.24, 2.45) is 11.8 Å². The summed E-state index contributed by atoms with van der Waals surface area (Å²) in [6, 6.07) is 19.4. The van der Waals surface area contributed by atoms with Crippen molar-refractivity contribution in [2.75, 3.05) is 10.9 Å². The minimum absolute atomic E-state index is 0.175. The van der Waals surface area contributed by atoms with Crippen LogP contribution in [0.15, 0.2) is 60.7 Å². The molecule has 6 N–H and O–H groups in total. The van der Waals surface area contributed by atoms with Gasteiger partial charge in [0.05, 0.1) is 11.4 Å². The average molecular weight is 479 g/mol. The number of hydrogen-bond acceptors (Lipinski definition) is 4. The van der Waals surface area contributed by atoms with Crippen molar-refractivity contribution in [1.82, 2.24) is 21.5 Å². The first-order valence-electron chi connectivity index (χ1n) is 12.9. The Hall–Kier alpha value is -3.42. The average Bonchev–Trinajstić information content (AvgIpc) is 2.90. The van der Waals surface area contributed by atoms with E-state index in [0.29, 0.717) is 0 Å². The van der Waals surface area contributed by atoms with Gasteiger partial charge in [-0.1, -0.05) is 36.4 Å². The van der Waals surface area contributed by atoms with Gasteiger partial charge in [-0.15, -0.1) is 0 Å². The molecule has 0 spiro atoms. The molecule has 2 aliphatic rings. The Labute approximate surface area is 208 Å². The number of para-hydroxylation sites is 2. The maximum Gasteiger partial charge on any atom is 0.333 e. The zero-order valence-corrected chi connectivity index (χ0v) is 20.3. The molecule has 8 heteroatoms. The smallest absolute Gasteiger partial charge is 0.333 e. The van der Waals surface area contributed by atoms with Gasteiger partial charge in [-0.05, 0) is 93.9 Å². The van der Waals surface area contributed by atoms with Crippen LogP contribution in [-0.2, 0) is 0 Å². The van der Waals surface area contributed by atoms with Crippen LogP contribution < -0.4 is 32.3 Å². The summed E-state index contributed by atoms with van der Waals surface area (Å²) in [6.45, 7) is 0. The first-order chi connectivity index (χ1) is 17.1. The van der Waals surface area contributed by atoms with Crippen molar-refractivity contribution >= 4 is 23.4 Å². The molecule has 2 fully saturated rings. The predicted molar refractivity (Wildman–Crippen MR) is 140 cm³/mol. The number of amides is 4. The molecule has 0 aromatic heterocycles. The normalized spacial score (nSPS) is 24.0. The molecule has 4 rings (SSSR count). The Kier molecular flexibility index (Phi) is 9.09. The van der Waals surface area contributed by atoms with Gasteiger partial charge in [-0.25, -0.2) is 9.59 Å². The summed E-state index contributed by atoms with van der Waals surface area (Å²) in [5, 5.41) is 6.19. The number of urea groups is 2. The minimum atomic E-state index is -0.175. The molecule has 35 heavy (non-hydrogen) atoms. The van der Waals surface area contributed by atoms with Gasteiger partial charge in [-0.3, -0.25) is 21.7 Å². The molecule has 188 valence electrons. The molecule has 0 bridgehead atoms. The zero-order valence-electron chi connectivity index (χ0n) is 20.3. The quantitative estimate of drug-likeness (QED) is 0.295. The fourth-order valence-corrected chi connectivity index (χ4v) is 5.30. The Morgan fingerprint density at radius 2 is 0.943 bits per heavy atom. The highest BCUT2D eigenvalue weighted by atomic mass is 16.2. The van der Waals surface area contributed by atoms with E-state index in [1.165, 1.54) is 32.1 Å². The van der Waals surface area contributed by atoms with Crippen LogP contribution in [0.3, 0.4) is 0 Å². The van der Waals surface area contributed by atoms with E-state index in [0.717, 1.165) is 48.9 Å². The summed E-state index contributed by atoms with van der Waals surface area (Å²) in [7, 11) is 0. The molecule has 0 atom stereocenters. The molecule has 0 heterocycles. The van der Waals surface area contributed by atoms with E-state index < -0.39 is 0 Å². The van der Waals surface area contributed by atoms with E-state index >= 15 is 0 Å². The van der Waals surface area contributed by atoms with Crippen LogP contribution in [0.25, 0.3) is 0 Å². The Morgan fingerprint density at radius 1 is 0.571 bits per heavy atom. The van der Waals surface area contributed by atoms with Crippen LogP contribution in [0.1, 0.15) is 57.8 Å². The van der Waals surface area contributed by atoms with Crippen LogP contribution in [0.4, 0.5) is 21.0 Å². The number of carbonyl (C=O) groups excluding carboxylic acids is 2. The number of anilines is 2. The highest BCUT2D eigenvalue weighted by Crippen LogP contribution is 2.35. The number of carbonyl (C=O) groups is 2. The molecule has 0 radical (unpaired) electrons. The van der Waals surface area contributed by atoms with Crippen molar-refractivity contribution < 1.29 is 9.59 Å². The van der Waals surface area contributed by atoms with Gasteiger partial charge in [0.2, 0.25) is 0 Å². The third-order valence-electron chi connectivity index (χ3n) is 7.22. The molecule has 2 saturated carbocycles. The third-order valence-corrected chi connectivity index (χ3v) is 7.22. The molecule has 0 aliphatic heterocycles. The molecule has 2 aromatic rings. The molecule has 8 nitrogen and oxygen atoms in total. The van der Waals surface area contributed by atoms with Gasteiger partial charge >= 0.3 is 12.1 Å². The maximum absolute atomic E-state index is 12.2. The fourth-order valence-electron chi connectivity index (χ4n) is 5.30. The number of hydrogen-bond donors (Lipinski definition) is 6. The van der Waals surface area contributed by atoms with Crippen molar-refractivity contribution in [3.63, 3.8) is 0 Å². The van der Waals surface area contributed by atoms with E-state index in [1.54, 1.807) is 0 Å². The second-order valence-electron chi connectivity index (χ2n) is 9.85. The van der Waals surface area contributed by atoms with Gasteiger partial charge < -0.3 is 10.6 Å². The molecule has 0 unspecified atom stereocenters. The van der Waals surface area contributed by atoms with Crippen LogP contribution in [0.5, 0.6) is 0 Å². The minimum Gasteiger partial charge on any atom is -0.334 e. The third kappa shape index (κ3) is 8.38. The lowest BCUT2D eigenvalue weighted by atomic mass is 9.76. The van der Waals surface area contributed by atoms with Gasteiger partial charge in [0.15, 0.2) is 0 Å². The fraction of sp³-hybridized carbons (Fsp3) is 0.481. The zero-order chi connectivity index (χ0) is 24.3. The topological polar surface area (TPSA) is 106 Å². The number of benzene rings is 2. The first kappa shape index (κ1) is 24.7. The molecular weight excluding hydrogens is 440 g/mol. The lowest BCUT2D eigenvalue weighted by Gasteiger charge is -2.34. The summed E-state index contributed by atoms with van der Waals surface area (Å²) >= 11 is 0. The van der Waals surface area contributed by atoms with Crippen molar-refractivity contribution in [1.29, 1.82) is 0 Å². The Bertz CT molecular complexity index is 834. The molecule has 2 aromatic carbocycles.